The molecule has 1 atom stereocenters. The molecule has 0 spiro atoms. The molecule has 3 heteroatoms. The number of carbonyl (C=O) groups excluding carboxylic acids is 1. The molecule has 3 nitrogen and oxygen atoms in total. The minimum Gasteiger partial charge on any atom is -0.352 e. The van der Waals surface area contributed by atoms with Crippen molar-refractivity contribution in [2.24, 2.45) is 5.92 Å². The molecule has 0 saturated carbocycles. The van der Waals surface area contributed by atoms with Crippen molar-refractivity contribution in [3.8, 4) is 0 Å². The van der Waals surface area contributed by atoms with E-state index in [-0.39, 0.29) is 5.91 Å². The van der Waals surface area contributed by atoms with E-state index in [0.29, 0.717) is 5.92 Å². The van der Waals surface area contributed by atoms with Crippen LogP contribution in [-0.2, 0) is 6.54 Å². The molecule has 1 aromatic rings. The van der Waals surface area contributed by atoms with Crippen LogP contribution in [0.3, 0.4) is 0 Å². The van der Waals surface area contributed by atoms with E-state index in [2.05, 4.69) is 36.2 Å². The Kier molecular flexibility index (Phi) is 8.31. The predicted octanol–water partition coefficient (Wildman–Crippen LogP) is 4.62. The first-order chi connectivity index (χ1) is 11.7. The summed E-state index contributed by atoms with van der Waals surface area (Å²) < 4.78 is 0. The van der Waals surface area contributed by atoms with Gasteiger partial charge in [0.1, 0.15) is 0 Å². The highest BCUT2D eigenvalue weighted by molar-refractivity contribution is 5.94. The van der Waals surface area contributed by atoms with Crippen molar-refractivity contribution in [1.82, 2.24) is 10.2 Å². The highest BCUT2D eigenvalue weighted by Gasteiger charge is 2.12. The lowest BCUT2D eigenvalue weighted by Gasteiger charge is -2.26. The fraction of sp³-hybridized carbons (Fsp3) is 0.667. The van der Waals surface area contributed by atoms with Crippen molar-refractivity contribution in [1.29, 1.82) is 0 Å². The summed E-state index contributed by atoms with van der Waals surface area (Å²) in [6, 6.07) is 8.17. The maximum absolute atomic E-state index is 12.3. The smallest absolute Gasteiger partial charge is 0.251 e. The number of benzene rings is 1. The van der Waals surface area contributed by atoms with E-state index in [9.17, 15) is 4.79 Å². The molecule has 0 aromatic heterocycles. The van der Waals surface area contributed by atoms with Crippen molar-refractivity contribution in [3.05, 3.63) is 35.4 Å². The molecule has 1 fully saturated rings. The number of nitrogens with one attached hydrogen (secondary N) is 1. The standard InChI is InChI=1S/C21H34N2O/c1-3-5-9-18(4-2)16-22-21(24)20-12-10-19(11-13-20)17-23-14-7-6-8-15-23/h10-13,18H,3-9,14-17H2,1-2H3,(H,22,24). The second kappa shape index (κ2) is 10.5. The third-order valence-corrected chi connectivity index (χ3v) is 5.17. The number of likely N-dealkylation sites (tertiary alicyclic amines) is 1. The lowest BCUT2D eigenvalue weighted by molar-refractivity contribution is 0.0946. The van der Waals surface area contributed by atoms with Crippen LogP contribution in [0.2, 0.25) is 0 Å². The lowest BCUT2D eigenvalue weighted by Crippen LogP contribution is -2.30. The fourth-order valence-corrected chi connectivity index (χ4v) is 3.42. The summed E-state index contributed by atoms with van der Waals surface area (Å²) >= 11 is 0. The zero-order valence-electron chi connectivity index (χ0n) is 15.5. The Bertz CT molecular complexity index is 477. The van der Waals surface area contributed by atoms with Gasteiger partial charge >= 0.3 is 0 Å². The van der Waals surface area contributed by atoms with E-state index in [1.54, 1.807) is 0 Å². The molecule has 1 aliphatic rings. The SMILES string of the molecule is CCCCC(CC)CNC(=O)c1ccc(CN2CCCCC2)cc1. The summed E-state index contributed by atoms with van der Waals surface area (Å²) in [4.78, 5) is 14.8. The second-order valence-electron chi connectivity index (χ2n) is 7.16. The molecule has 1 heterocycles. The summed E-state index contributed by atoms with van der Waals surface area (Å²) in [5.41, 5.74) is 2.09. The van der Waals surface area contributed by atoms with E-state index in [1.807, 2.05) is 12.1 Å². The Morgan fingerprint density at radius 3 is 2.46 bits per heavy atom. The summed E-state index contributed by atoms with van der Waals surface area (Å²) in [7, 11) is 0. The first-order valence-corrected chi connectivity index (χ1v) is 9.82. The monoisotopic (exact) mass is 330 g/mol. The minimum atomic E-state index is 0.0643. The van der Waals surface area contributed by atoms with Crippen LogP contribution in [0.25, 0.3) is 0 Å². The number of piperidine rings is 1. The molecule has 0 aliphatic carbocycles. The Labute approximate surface area is 147 Å². The molecule has 134 valence electrons. The van der Waals surface area contributed by atoms with Crippen molar-refractivity contribution >= 4 is 5.91 Å². The average molecular weight is 331 g/mol. The van der Waals surface area contributed by atoms with Gasteiger partial charge in [0.25, 0.3) is 5.91 Å². The molecule has 1 unspecified atom stereocenters. The van der Waals surface area contributed by atoms with Crippen LogP contribution in [0.5, 0.6) is 0 Å². The van der Waals surface area contributed by atoms with Gasteiger partial charge in [-0.2, -0.15) is 0 Å². The van der Waals surface area contributed by atoms with Crippen LogP contribution in [0.4, 0.5) is 0 Å². The van der Waals surface area contributed by atoms with E-state index in [1.165, 1.54) is 57.2 Å². The molecule has 2 rings (SSSR count). The number of carbonyl (C=O) groups is 1. The van der Waals surface area contributed by atoms with Crippen LogP contribution in [0.15, 0.2) is 24.3 Å². The Hall–Kier alpha value is -1.35. The van der Waals surface area contributed by atoms with Gasteiger partial charge in [0.15, 0.2) is 0 Å². The number of hydrogen-bond donors (Lipinski definition) is 1. The number of amides is 1. The summed E-state index contributed by atoms with van der Waals surface area (Å²) in [6.45, 7) is 8.65. The molecular formula is C21H34N2O. The molecular weight excluding hydrogens is 296 g/mol. The summed E-state index contributed by atoms with van der Waals surface area (Å²) in [5, 5.41) is 3.11. The van der Waals surface area contributed by atoms with Crippen LogP contribution in [-0.4, -0.2) is 30.4 Å². The maximum atomic E-state index is 12.3. The van der Waals surface area contributed by atoms with Crippen molar-refractivity contribution in [3.63, 3.8) is 0 Å². The summed E-state index contributed by atoms with van der Waals surface area (Å²) in [6.07, 6.45) is 8.82. The molecule has 1 saturated heterocycles. The zero-order valence-corrected chi connectivity index (χ0v) is 15.5. The lowest BCUT2D eigenvalue weighted by atomic mass is 9.99. The molecule has 1 aromatic carbocycles. The first kappa shape index (κ1) is 19.0. The van der Waals surface area contributed by atoms with Gasteiger partial charge in [-0.15, -0.1) is 0 Å². The van der Waals surface area contributed by atoms with Crippen molar-refractivity contribution in [2.45, 2.75) is 65.3 Å². The number of nitrogens with zero attached hydrogens (tertiary/aromatic N) is 1. The number of rotatable bonds is 9. The van der Waals surface area contributed by atoms with Gasteiger partial charge in [-0.1, -0.05) is 51.7 Å². The summed E-state index contributed by atoms with van der Waals surface area (Å²) in [5.74, 6) is 0.668. The molecule has 1 N–H and O–H groups in total. The number of hydrogen-bond acceptors (Lipinski definition) is 2. The highest BCUT2D eigenvalue weighted by Crippen LogP contribution is 2.14. The Morgan fingerprint density at radius 1 is 1.12 bits per heavy atom. The van der Waals surface area contributed by atoms with Crippen LogP contribution in [0.1, 0.15) is 74.7 Å². The topological polar surface area (TPSA) is 32.3 Å². The molecule has 0 bridgehead atoms. The predicted molar refractivity (Wildman–Crippen MR) is 101 cm³/mol. The van der Waals surface area contributed by atoms with Gasteiger partial charge < -0.3 is 5.32 Å². The van der Waals surface area contributed by atoms with E-state index >= 15 is 0 Å². The minimum absolute atomic E-state index is 0.0643. The normalized spacial score (nSPS) is 16.8. The largest absolute Gasteiger partial charge is 0.352 e. The Balaban J connectivity index is 1.79. The van der Waals surface area contributed by atoms with Crippen molar-refractivity contribution < 1.29 is 4.79 Å². The quantitative estimate of drug-likeness (QED) is 0.716. The van der Waals surface area contributed by atoms with Gasteiger partial charge in [0.2, 0.25) is 0 Å². The molecule has 24 heavy (non-hydrogen) atoms. The van der Waals surface area contributed by atoms with E-state index < -0.39 is 0 Å². The van der Waals surface area contributed by atoms with Gasteiger partial charge in [-0.25, -0.2) is 0 Å². The Morgan fingerprint density at radius 2 is 1.83 bits per heavy atom. The van der Waals surface area contributed by atoms with Crippen LogP contribution in [0, 0.1) is 5.92 Å². The second-order valence-corrected chi connectivity index (χ2v) is 7.16. The van der Waals surface area contributed by atoms with Gasteiger partial charge in [-0.05, 0) is 56.0 Å². The average Bonchev–Trinajstić information content (AvgIpc) is 2.63. The number of unbranched alkanes of at least 4 members (excludes halogenated alkanes) is 1. The van der Waals surface area contributed by atoms with Gasteiger partial charge in [0, 0.05) is 18.7 Å². The molecule has 1 amide bonds. The molecule has 1 aliphatic heterocycles. The highest BCUT2D eigenvalue weighted by atomic mass is 16.1. The fourth-order valence-electron chi connectivity index (χ4n) is 3.42. The first-order valence-electron chi connectivity index (χ1n) is 9.82. The van der Waals surface area contributed by atoms with E-state index in [0.717, 1.165) is 25.1 Å². The van der Waals surface area contributed by atoms with E-state index in [4.69, 9.17) is 0 Å². The van der Waals surface area contributed by atoms with Crippen LogP contribution >= 0.6 is 0 Å². The third kappa shape index (κ3) is 6.27. The van der Waals surface area contributed by atoms with Crippen LogP contribution < -0.4 is 5.32 Å². The zero-order chi connectivity index (χ0) is 17.2. The van der Waals surface area contributed by atoms with Gasteiger partial charge in [-0.3, -0.25) is 9.69 Å². The van der Waals surface area contributed by atoms with Gasteiger partial charge in [0.05, 0.1) is 0 Å². The third-order valence-electron chi connectivity index (χ3n) is 5.17. The van der Waals surface area contributed by atoms with Crippen molar-refractivity contribution in [2.75, 3.05) is 19.6 Å². The molecule has 0 radical (unpaired) electrons. The maximum Gasteiger partial charge on any atom is 0.251 e.